The monoisotopic (exact) mass is 272 g/mol. The van der Waals surface area contributed by atoms with Crippen LogP contribution in [0.1, 0.15) is 28.8 Å². The van der Waals surface area contributed by atoms with Gasteiger partial charge < -0.3 is 10.6 Å². The number of nitrogens with one attached hydrogen (secondary N) is 2. The van der Waals surface area contributed by atoms with Crippen molar-refractivity contribution in [2.45, 2.75) is 25.8 Å². The molecule has 3 nitrogen and oxygen atoms in total. The van der Waals surface area contributed by atoms with E-state index in [0.717, 1.165) is 31.5 Å². The van der Waals surface area contributed by atoms with E-state index in [0.29, 0.717) is 0 Å². The Balaban J connectivity index is 0.00000162. The van der Waals surface area contributed by atoms with Gasteiger partial charge in [0.05, 0.1) is 5.56 Å². The zero-order chi connectivity index (χ0) is 12.3. The van der Waals surface area contributed by atoms with E-state index in [1.807, 2.05) is 6.92 Å². The van der Waals surface area contributed by atoms with Crippen LogP contribution in [0.2, 0.25) is 0 Å². The third kappa shape index (κ3) is 3.68. The molecule has 1 aromatic carbocycles. The van der Waals surface area contributed by atoms with Gasteiger partial charge in [-0.15, -0.1) is 12.4 Å². The van der Waals surface area contributed by atoms with E-state index in [-0.39, 0.29) is 29.9 Å². The molecule has 0 aliphatic carbocycles. The van der Waals surface area contributed by atoms with Crippen molar-refractivity contribution in [1.29, 1.82) is 0 Å². The van der Waals surface area contributed by atoms with Crippen LogP contribution < -0.4 is 10.6 Å². The Labute approximate surface area is 113 Å². The number of aryl methyl sites for hydroxylation is 1. The summed E-state index contributed by atoms with van der Waals surface area (Å²) in [6.45, 7) is 3.60. The summed E-state index contributed by atoms with van der Waals surface area (Å²) in [5, 5.41) is 6.07. The van der Waals surface area contributed by atoms with Gasteiger partial charge in [0.1, 0.15) is 5.82 Å². The Morgan fingerprint density at radius 1 is 1.50 bits per heavy atom. The molecule has 0 radical (unpaired) electrons. The zero-order valence-corrected chi connectivity index (χ0v) is 11.1. The lowest BCUT2D eigenvalue weighted by molar-refractivity contribution is 0.0926. The predicted octanol–water partition coefficient (Wildman–Crippen LogP) is 2.04. The lowest BCUT2D eigenvalue weighted by atomic mass is 10.1. The molecule has 0 spiro atoms. The van der Waals surface area contributed by atoms with Gasteiger partial charge in [-0.05, 0) is 38.4 Å². The van der Waals surface area contributed by atoms with Crippen molar-refractivity contribution in [3.05, 3.63) is 35.1 Å². The quantitative estimate of drug-likeness (QED) is 0.865. The van der Waals surface area contributed by atoms with Gasteiger partial charge in [-0.2, -0.15) is 0 Å². The van der Waals surface area contributed by atoms with Crippen molar-refractivity contribution >= 4 is 18.3 Å². The van der Waals surface area contributed by atoms with Crippen molar-refractivity contribution in [3.63, 3.8) is 0 Å². The smallest absolute Gasteiger partial charge is 0.254 e. The van der Waals surface area contributed by atoms with Crippen LogP contribution in [0.4, 0.5) is 4.39 Å². The van der Waals surface area contributed by atoms with Crippen LogP contribution in [-0.2, 0) is 0 Å². The Kier molecular flexibility index (Phi) is 5.56. The highest BCUT2D eigenvalue weighted by Crippen LogP contribution is 2.11. The Morgan fingerprint density at radius 3 is 2.94 bits per heavy atom. The second-order valence-corrected chi connectivity index (χ2v) is 4.50. The van der Waals surface area contributed by atoms with Crippen molar-refractivity contribution in [1.82, 2.24) is 10.6 Å². The first-order chi connectivity index (χ1) is 8.16. The number of carbonyl (C=O) groups excluding carboxylic acids is 1. The Hall–Kier alpha value is -1.13. The standard InChI is InChI=1S/C13H17FN2O.ClH/c1-9-4-5-12(14)11(7-9)13(17)16-10-3-2-6-15-8-10;/h4-5,7,10,15H,2-3,6,8H2,1H3,(H,16,17);1H/t10-;/m1./s1. The fourth-order valence-corrected chi connectivity index (χ4v) is 2.05. The molecule has 100 valence electrons. The van der Waals surface area contributed by atoms with Gasteiger partial charge in [-0.1, -0.05) is 11.6 Å². The average molecular weight is 273 g/mol. The highest BCUT2D eigenvalue weighted by molar-refractivity contribution is 5.94. The van der Waals surface area contributed by atoms with Crippen LogP contribution in [-0.4, -0.2) is 25.0 Å². The molecular weight excluding hydrogens is 255 g/mol. The van der Waals surface area contributed by atoms with Crippen molar-refractivity contribution in [3.8, 4) is 0 Å². The van der Waals surface area contributed by atoms with Gasteiger partial charge in [0.2, 0.25) is 0 Å². The second-order valence-electron chi connectivity index (χ2n) is 4.50. The Bertz CT molecular complexity index is 419. The number of rotatable bonds is 2. The molecule has 1 aromatic rings. The number of benzene rings is 1. The topological polar surface area (TPSA) is 41.1 Å². The van der Waals surface area contributed by atoms with Crippen LogP contribution in [0.25, 0.3) is 0 Å². The first kappa shape index (κ1) is 14.9. The van der Waals surface area contributed by atoms with Gasteiger partial charge in [-0.3, -0.25) is 4.79 Å². The van der Waals surface area contributed by atoms with Crippen molar-refractivity contribution < 1.29 is 9.18 Å². The summed E-state index contributed by atoms with van der Waals surface area (Å²) in [4.78, 5) is 11.9. The van der Waals surface area contributed by atoms with E-state index in [1.165, 1.54) is 6.07 Å². The van der Waals surface area contributed by atoms with Gasteiger partial charge in [-0.25, -0.2) is 4.39 Å². The van der Waals surface area contributed by atoms with Gasteiger partial charge in [0, 0.05) is 12.6 Å². The zero-order valence-electron chi connectivity index (χ0n) is 10.3. The third-order valence-corrected chi connectivity index (χ3v) is 3.00. The first-order valence-electron chi connectivity index (χ1n) is 5.94. The van der Waals surface area contributed by atoms with E-state index < -0.39 is 5.82 Å². The molecule has 0 aromatic heterocycles. The molecule has 1 aliphatic heterocycles. The normalized spacial score (nSPS) is 18.9. The maximum atomic E-state index is 13.5. The summed E-state index contributed by atoms with van der Waals surface area (Å²) in [5.41, 5.74) is 1.02. The number of piperidine rings is 1. The summed E-state index contributed by atoms with van der Waals surface area (Å²) in [5.74, 6) is -0.781. The van der Waals surface area contributed by atoms with Gasteiger partial charge in [0.25, 0.3) is 5.91 Å². The highest BCUT2D eigenvalue weighted by atomic mass is 35.5. The summed E-state index contributed by atoms with van der Waals surface area (Å²) in [7, 11) is 0. The molecule has 1 saturated heterocycles. The fraction of sp³-hybridized carbons (Fsp3) is 0.462. The molecule has 0 unspecified atom stereocenters. The molecule has 1 amide bonds. The van der Waals surface area contributed by atoms with E-state index in [1.54, 1.807) is 12.1 Å². The third-order valence-electron chi connectivity index (χ3n) is 3.00. The maximum Gasteiger partial charge on any atom is 0.254 e. The van der Waals surface area contributed by atoms with Crippen LogP contribution in [0.3, 0.4) is 0 Å². The molecule has 5 heteroatoms. The van der Waals surface area contributed by atoms with Crippen LogP contribution in [0.5, 0.6) is 0 Å². The minimum absolute atomic E-state index is 0. The van der Waals surface area contributed by atoms with E-state index in [9.17, 15) is 9.18 Å². The molecule has 1 aliphatic rings. The molecule has 1 atom stereocenters. The van der Waals surface area contributed by atoms with Gasteiger partial charge >= 0.3 is 0 Å². The van der Waals surface area contributed by atoms with Crippen LogP contribution >= 0.6 is 12.4 Å². The van der Waals surface area contributed by atoms with E-state index in [2.05, 4.69) is 10.6 Å². The van der Waals surface area contributed by atoms with E-state index >= 15 is 0 Å². The molecule has 18 heavy (non-hydrogen) atoms. The largest absolute Gasteiger partial charge is 0.348 e. The molecule has 2 N–H and O–H groups in total. The number of hydrogen-bond donors (Lipinski definition) is 2. The lowest BCUT2D eigenvalue weighted by Crippen LogP contribution is -2.45. The summed E-state index contributed by atoms with van der Waals surface area (Å²) in [6, 6.07) is 4.69. The molecule has 0 saturated carbocycles. The number of halogens is 2. The molecular formula is C13H18ClFN2O. The lowest BCUT2D eigenvalue weighted by Gasteiger charge is -2.23. The minimum Gasteiger partial charge on any atom is -0.348 e. The SMILES string of the molecule is Cc1ccc(F)c(C(=O)N[C@@H]2CCCNC2)c1.Cl. The molecule has 0 bridgehead atoms. The highest BCUT2D eigenvalue weighted by Gasteiger charge is 2.18. The number of carbonyl (C=O) groups is 1. The molecule has 1 fully saturated rings. The second kappa shape index (κ2) is 6.71. The minimum atomic E-state index is -0.461. The summed E-state index contributed by atoms with van der Waals surface area (Å²) in [6.07, 6.45) is 1.99. The van der Waals surface area contributed by atoms with Crippen LogP contribution in [0.15, 0.2) is 18.2 Å². The molecule has 2 rings (SSSR count). The van der Waals surface area contributed by atoms with Gasteiger partial charge in [0.15, 0.2) is 0 Å². The van der Waals surface area contributed by atoms with Crippen LogP contribution in [0, 0.1) is 12.7 Å². The fourth-order valence-electron chi connectivity index (χ4n) is 2.05. The molecule has 1 heterocycles. The first-order valence-corrected chi connectivity index (χ1v) is 5.94. The van der Waals surface area contributed by atoms with Crippen molar-refractivity contribution in [2.75, 3.05) is 13.1 Å². The number of amides is 1. The van der Waals surface area contributed by atoms with E-state index in [4.69, 9.17) is 0 Å². The number of hydrogen-bond acceptors (Lipinski definition) is 2. The van der Waals surface area contributed by atoms with Crippen molar-refractivity contribution in [2.24, 2.45) is 0 Å². The Morgan fingerprint density at radius 2 is 2.28 bits per heavy atom. The summed E-state index contributed by atoms with van der Waals surface area (Å²) < 4.78 is 13.5. The summed E-state index contributed by atoms with van der Waals surface area (Å²) >= 11 is 0. The predicted molar refractivity (Wildman–Crippen MR) is 71.7 cm³/mol. The maximum absolute atomic E-state index is 13.5. The average Bonchev–Trinajstić information content (AvgIpc) is 2.33.